The number of thiophene rings is 1. The quantitative estimate of drug-likeness (QED) is 0.631. The Labute approximate surface area is 139 Å². The Morgan fingerprint density at radius 3 is 2.57 bits per heavy atom. The Balaban J connectivity index is 2.54. The van der Waals surface area contributed by atoms with Crippen LogP contribution in [0.4, 0.5) is 9.80 Å². The van der Waals surface area contributed by atoms with Gasteiger partial charge in [-0.25, -0.2) is 4.79 Å². The molecule has 0 saturated heterocycles. The van der Waals surface area contributed by atoms with Gasteiger partial charge in [0.05, 0.1) is 11.1 Å². The number of amides is 2. The number of nitrogens with one attached hydrogen (secondary N) is 2. The van der Waals surface area contributed by atoms with Gasteiger partial charge in [0.2, 0.25) is 5.91 Å². The van der Waals surface area contributed by atoms with Gasteiger partial charge >= 0.3 is 6.09 Å². The van der Waals surface area contributed by atoms with E-state index in [9.17, 15) is 19.8 Å². The van der Waals surface area contributed by atoms with Gasteiger partial charge < -0.3 is 20.3 Å². The smallest absolute Gasteiger partial charge is 0.412 e. The van der Waals surface area contributed by atoms with Crippen LogP contribution in [0, 0.1) is 0 Å². The molecule has 2 unspecified atom stereocenters. The van der Waals surface area contributed by atoms with Crippen molar-refractivity contribution in [1.82, 2.24) is 5.32 Å². The first-order valence-electron chi connectivity index (χ1n) is 7.27. The standard InChI is InChI=1S/C15H24N2O5S/c1-9(18)16-6-5-11(19)13(20)10-7-12(23-8-10)17-14(21)22-15(2,3)4/h7-8,11,13,19-20H,5-6H2,1-4H3,(H,16,18)(H,17,21). The third kappa shape index (κ3) is 7.45. The van der Waals surface area contributed by atoms with E-state index in [1.54, 1.807) is 32.2 Å². The van der Waals surface area contributed by atoms with Gasteiger partial charge in [0.15, 0.2) is 0 Å². The minimum absolute atomic E-state index is 0.189. The molecule has 0 spiro atoms. The van der Waals surface area contributed by atoms with E-state index in [4.69, 9.17) is 4.74 Å². The maximum absolute atomic E-state index is 11.7. The molecular formula is C15H24N2O5S. The van der Waals surface area contributed by atoms with Gasteiger partial charge in [-0.05, 0) is 44.2 Å². The summed E-state index contributed by atoms with van der Waals surface area (Å²) in [7, 11) is 0. The van der Waals surface area contributed by atoms with E-state index < -0.39 is 23.9 Å². The summed E-state index contributed by atoms with van der Waals surface area (Å²) in [6.45, 7) is 6.96. The molecule has 4 N–H and O–H groups in total. The number of hydrogen-bond donors (Lipinski definition) is 4. The van der Waals surface area contributed by atoms with Crippen molar-refractivity contribution >= 4 is 28.3 Å². The molecule has 0 aromatic carbocycles. The number of aliphatic hydroxyl groups excluding tert-OH is 2. The summed E-state index contributed by atoms with van der Waals surface area (Å²) >= 11 is 1.23. The summed E-state index contributed by atoms with van der Waals surface area (Å²) in [5, 5.41) is 27.3. The van der Waals surface area contributed by atoms with Gasteiger partial charge in [-0.3, -0.25) is 10.1 Å². The first-order valence-corrected chi connectivity index (χ1v) is 8.15. The fourth-order valence-corrected chi connectivity index (χ4v) is 2.57. The predicted octanol–water partition coefficient (Wildman–Crippen LogP) is 2.02. The fourth-order valence-electron chi connectivity index (χ4n) is 1.75. The average Bonchev–Trinajstić information content (AvgIpc) is 2.83. The Morgan fingerprint density at radius 1 is 1.35 bits per heavy atom. The Kier molecular flexibility index (Phi) is 6.99. The molecule has 0 fully saturated rings. The Hall–Kier alpha value is -1.64. The third-order valence-corrected chi connectivity index (χ3v) is 3.63. The second kappa shape index (κ2) is 8.28. The Morgan fingerprint density at radius 2 is 2.00 bits per heavy atom. The van der Waals surface area contributed by atoms with Crippen LogP contribution >= 0.6 is 11.3 Å². The van der Waals surface area contributed by atoms with E-state index in [-0.39, 0.29) is 18.9 Å². The molecule has 23 heavy (non-hydrogen) atoms. The molecule has 8 heteroatoms. The topological polar surface area (TPSA) is 108 Å². The highest BCUT2D eigenvalue weighted by Gasteiger charge is 2.21. The maximum atomic E-state index is 11.7. The molecule has 0 saturated carbocycles. The van der Waals surface area contributed by atoms with Gasteiger partial charge in [0, 0.05) is 13.5 Å². The summed E-state index contributed by atoms with van der Waals surface area (Å²) in [5.41, 5.74) is -0.0970. The van der Waals surface area contributed by atoms with Crippen LogP contribution in [-0.4, -0.2) is 40.5 Å². The van der Waals surface area contributed by atoms with Gasteiger partial charge in [-0.15, -0.1) is 11.3 Å². The second-order valence-electron chi connectivity index (χ2n) is 6.16. The summed E-state index contributed by atoms with van der Waals surface area (Å²) in [6, 6.07) is 1.58. The maximum Gasteiger partial charge on any atom is 0.412 e. The molecule has 1 aromatic rings. The van der Waals surface area contributed by atoms with Crippen LogP contribution in [0.1, 0.15) is 45.8 Å². The summed E-state index contributed by atoms with van der Waals surface area (Å²) in [5.74, 6) is -0.189. The summed E-state index contributed by atoms with van der Waals surface area (Å²) < 4.78 is 5.14. The first-order chi connectivity index (χ1) is 10.6. The molecule has 130 valence electrons. The third-order valence-electron chi connectivity index (χ3n) is 2.76. The second-order valence-corrected chi connectivity index (χ2v) is 7.07. The van der Waals surface area contributed by atoms with Crippen molar-refractivity contribution < 1.29 is 24.5 Å². The van der Waals surface area contributed by atoms with Crippen LogP contribution in [0.15, 0.2) is 11.4 Å². The molecule has 2 amide bonds. The lowest BCUT2D eigenvalue weighted by molar-refractivity contribution is -0.119. The number of anilines is 1. The zero-order valence-electron chi connectivity index (χ0n) is 13.8. The molecule has 1 rings (SSSR count). The SMILES string of the molecule is CC(=O)NCCC(O)C(O)c1csc(NC(=O)OC(C)(C)C)c1. The van der Waals surface area contributed by atoms with Gasteiger partial charge in [0.1, 0.15) is 11.7 Å². The van der Waals surface area contributed by atoms with Crippen LogP contribution in [-0.2, 0) is 9.53 Å². The fraction of sp³-hybridized carbons (Fsp3) is 0.600. The number of hydrogen-bond acceptors (Lipinski definition) is 6. The van der Waals surface area contributed by atoms with E-state index >= 15 is 0 Å². The van der Waals surface area contributed by atoms with Crippen molar-refractivity contribution in [2.24, 2.45) is 0 Å². The first kappa shape index (κ1) is 19.4. The van der Waals surface area contributed by atoms with E-state index in [0.717, 1.165) is 0 Å². The number of carbonyl (C=O) groups excluding carboxylic acids is 2. The molecule has 0 radical (unpaired) electrons. The molecule has 0 bridgehead atoms. The molecular weight excluding hydrogens is 320 g/mol. The largest absolute Gasteiger partial charge is 0.444 e. The van der Waals surface area contributed by atoms with Crippen molar-refractivity contribution in [2.75, 3.05) is 11.9 Å². The number of rotatable bonds is 6. The lowest BCUT2D eigenvalue weighted by Crippen LogP contribution is -2.27. The molecule has 1 heterocycles. The van der Waals surface area contributed by atoms with E-state index in [1.165, 1.54) is 18.3 Å². The van der Waals surface area contributed by atoms with E-state index in [2.05, 4.69) is 10.6 Å². The zero-order valence-corrected chi connectivity index (χ0v) is 14.6. The summed E-state index contributed by atoms with van der Waals surface area (Å²) in [6.07, 6.45) is -2.45. The highest BCUT2D eigenvalue weighted by atomic mass is 32.1. The minimum Gasteiger partial charge on any atom is -0.444 e. The summed E-state index contributed by atoms with van der Waals surface area (Å²) in [4.78, 5) is 22.4. The lowest BCUT2D eigenvalue weighted by Gasteiger charge is -2.19. The minimum atomic E-state index is -1.09. The van der Waals surface area contributed by atoms with E-state index in [1.807, 2.05) is 0 Å². The molecule has 0 aliphatic carbocycles. The van der Waals surface area contributed by atoms with Crippen LogP contribution in [0.2, 0.25) is 0 Å². The lowest BCUT2D eigenvalue weighted by atomic mass is 10.1. The van der Waals surface area contributed by atoms with Gasteiger partial charge in [-0.2, -0.15) is 0 Å². The zero-order chi connectivity index (χ0) is 17.6. The molecule has 1 aromatic heterocycles. The van der Waals surface area contributed by atoms with Gasteiger partial charge in [-0.1, -0.05) is 0 Å². The van der Waals surface area contributed by atoms with Crippen LogP contribution < -0.4 is 10.6 Å². The molecule has 7 nitrogen and oxygen atoms in total. The van der Waals surface area contributed by atoms with Crippen molar-refractivity contribution in [1.29, 1.82) is 0 Å². The number of aliphatic hydroxyl groups is 2. The van der Waals surface area contributed by atoms with Crippen LogP contribution in [0.5, 0.6) is 0 Å². The van der Waals surface area contributed by atoms with Crippen LogP contribution in [0.3, 0.4) is 0 Å². The van der Waals surface area contributed by atoms with E-state index in [0.29, 0.717) is 10.6 Å². The molecule has 2 atom stereocenters. The molecule has 0 aliphatic heterocycles. The Bertz CT molecular complexity index is 538. The van der Waals surface area contributed by atoms with Gasteiger partial charge in [0.25, 0.3) is 0 Å². The molecule has 0 aliphatic rings. The highest BCUT2D eigenvalue weighted by molar-refractivity contribution is 7.14. The average molecular weight is 344 g/mol. The van der Waals surface area contributed by atoms with Crippen LogP contribution in [0.25, 0.3) is 0 Å². The highest BCUT2D eigenvalue weighted by Crippen LogP contribution is 2.28. The van der Waals surface area contributed by atoms with Crippen molar-refractivity contribution in [3.8, 4) is 0 Å². The van der Waals surface area contributed by atoms with Crippen molar-refractivity contribution in [3.63, 3.8) is 0 Å². The van der Waals surface area contributed by atoms with Crippen molar-refractivity contribution in [3.05, 3.63) is 17.0 Å². The monoisotopic (exact) mass is 344 g/mol. The predicted molar refractivity (Wildman–Crippen MR) is 88.4 cm³/mol. The number of ether oxygens (including phenoxy) is 1. The number of carbonyl (C=O) groups is 2. The normalized spacial score (nSPS) is 14.0. The van der Waals surface area contributed by atoms with Crippen molar-refractivity contribution in [2.45, 2.75) is 51.9 Å².